The van der Waals surface area contributed by atoms with Crippen LogP contribution in [0, 0.1) is 0 Å². The van der Waals surface area contributed by atoms with E-state index in [4.69, 9.17) is 11.6 Å². The number of hydrogen-bond acceptors (Lipinski definition) is 3. The van der Waals surface area contributed by atoms with Crippen LogP contribution < -0.4 is 5.32 Å². The molecule has 0 aliphatic carbocycles. The van der Waals surface area contributed by atoms with Crippen LogP contribution in [0.4, 0.5) is 0 Å². The molecule has 4 heteroatoms. The van der Waals surface area contributed by atoms with Gasteiger partial charge in [0.1, 0.15) is 0 Å². The Kier molecular flexibility index (Phi) is 7.62. The van der Waals surface area contributed by atoms with Crippen molar-refractivity contribution in [1.82, 2.24) is 15.1 Å². The fraction of sp³-hybridized carbons (Fsp3) is 0.571. The number of hydrogen-bond donors (Lipinski definition) is 1. The average molecular weight is 454 g/mol. The molecular weight excluding hydrogens is 414 g/mol. The van der Waals surface area contributed by atoms with Crippen molar-refractivity contribution in [2.75, 3.05) is 19.6 Å². The van der Waals surface area contributed by atoms with Gasteiger partial charge < -0.3 is 0 Å². The lowest BCUT2D eigenvalue weighted by molar-refractivity contribution is -0.0241. The quantitative estimate of drug-likeness (QED) is 0.535. The first kappa shape index (κ1) is 23.8. The molecule has 0 amide bonds. The van der Waals surface area contributed by atoms with Gasteiger partial charge in [-0.05, 0) is 70.7 Å². The number of nitrogens with one attached hydrogen (secondary N) is 1. The largest absolute Gasteiger partial charge is 0.299 e. The molecule has 0 aromatic heterocycles. The fourth-order valence-electron chi connectivity index (χ4n) is 6.29. The predicted molar refractivity (Wildman–Crippen MR) is 136 cm³/mol. The highest BCUT2D eigenvalue weighted by molar-refractivity contribution is 6.31. The van der Waals surface area contributed by atoms with Gasteiger partial charge in [0.2, 0.25) is 0 Å². The molecule has 2 aliphatic heterocycles. The van der Waals surface area contributed by atoms with Crippen LogP contribution in [0.2, 0.25) is 5.02 Å². The summed E-state index contributed by atoms with van der Waals surface area (Å²) in [5, 5.41) is 4.90. The highest BCUT2D eigenvalue weighted by Crippen LogP contribution is 2.46. The third-order valence-corrected chi connectivity index (χ3v) is 8.12. The van der Waals surface area contributed by atoms with Gasteiger partial charge in [0.25, 0.3) is 0 Å². The van der Waals surface area contributed by atoms with E-state index in [9.17, 15) is 0 Å². The average Bonchev–Trinajstić information content (AvgIpc) is 2.79. The minimum atomic E-state index is 0.00603. The van der Waals surface area contributed by atoms with Crippen molar-refractivity contribution in [3.05, 3.63) is 70.7 Å². The summed E-state index contributed by atoms with van der Waals surface area (Å²) < 4.78 is 0. The topological polar surface area (TPSA) is 18.5 Å². The summed E-state index contributed by atoms with van der Waals surface area (Å²) in [7, 11) is 0. The lowest BCUT2D eigenvalue weighted by atomic mass is 9.66. The first-order valence-corrected chi connectivity index (χ1v) is 12.9. The highest BCUT2D eigenvalue weighted by atomic mass is 35.5. The minimum absolute atomic E-state index is 0.00603. The van der Waals surface area contributed by atoms with Gasteiger partial charge in [-0.15, -0.1) is 0 Å². The van der Waals surface area contributed by atoms with Crippen LogP contribution in [-0.2, 0) is 5.41 Å². The number of fused-ring (bicyclic) bond motifs is 1. The van der Waals surface area contributed by atoms with Gasteiger partial charge in [0, 0.05) is 41.7 Å². The Bertz CT molecular complexity index is 860. The SMILES string of the molecule is CC(C)N(CCC1(c2ccccc2Cl)CNC(c2ccccc2)N2CCCCC21)C(C)C. The van der Waals surface area contributed by atoms with Gasteiger partial charge in [-0.2, -0.15) is 0 Å². The zero-order valence-electron chi connectivity index (χ0n) is 20.2. The van der Waals surface area contributed by atoms with Crippen LogP contribution in [0.15, 0.2) is 54.6 Å². The van der Waals surface area contributed by atoms with Crippen molar-refractivity contribution < 1.29 is 0 Å². The van der Waals surface area contributed by atoms with Crippen molar-refractivity contribution in [2.45, 2.75) is 83.1 Å². The maximum atomic E-state index is 6.91. The highest BCUT2D eigenvalue weighted by Gasteiger charge is 2.50. The van der Waals surface area contributed by atoms with Crippen LogP contribution in [0.1, 0.15) is 70.7 Å². The number of rotatable bonds is 7. The Morgan fingerprint density at radius 3 is 2.38 bits per heavy atom. The lowest BCUT2D eigenvalue weighted by Crippen LogP contribution is -2.65. The van der Waals surface area contributed by atoms with Crippen LogP contribution in [-0.4, -0.2) is 47.6 Å². The Morgan fingerprint density at radius 2 is 1.69 bits per heavy atom. The Hall–Kier alpha value is -1.39. The summed E-state index contributed by atoms with van der Waals surface area (Å²) in [6, 6.07) is 21.1. The Balaban J connectivity index is 1.73. The number of benzene rings is 2. The van der Waals surface area contributed by atoms with Crippen LogP contribution in [0.3, 0.4) is 0 Å². The van der Waals surface area contributed by atoms with E-state index in [0.29, 0.717) is 18.1 Å². The van der Waals surface area contributed by atoms with Gasteiger partial charge in [-0.3, -0.25) is 15.1 Å². The van der Waals surface area contributed by atoms with E-state index in [2.05, 4.69) is 97.4 Å². The molecule has 1 N–H and O–H groups in total. The molecule has 0 saturated carbocycles. The van der Waals surface area contributed by atoms with E-state index in [1.807, 2.05) is 0 Å². The normalized spacial score (nSPS) is 26.6. The van der Waals surface area contributed by atoms with Crippen molar-refractivity contribution in [2.24, 2.45) is 0 Å². The molecule has 2 fully saturated rings. The molecule has 3 atom stereocenters. The molecule has 32 heavy (non-hydrogen) atoms. The molecule has 2 aliphatic rings. The second kappa shape index (κ2) is 10.3. The van der Waals surface area contributed by atoms with Crippen LogP contribution in [0.25, 0.3) is 0 Å². The summed E-state index contributed by atoms with van der Waals surface area (Å²) in [4.78, 5) is 5.38. The molecule has 0 bridgehead atoms. The van der Waals surface area contributed by atoms with Crippen molar-refractivity contribution in [1.29, 1.82) is 0 Å². The standard InChI is InChI=1S/C28H40ClN3/c1-21(2)31(22(3)4)19-17-28(24-14-8-9-15-25(24)29)20-30-27(23-12-6-5-7-13-23)32-18-11-10-16-26(28)32/h5-9,12-15,21-22,26-27,30H,10-11,16-20H2,1-4H3. The smallest absolute Gasteiger partial charge is 0.0863 e. The van der Waals surface area contributed by atoms with Gasteiger partial charge in [0.15, 0.2) is 0 Å². The first-order valence-electron chi connectivity index (χ1n) is 12.5. The predicted octanol–water partition coefficient (Wildman–Crippen LogP) is 6.24. The minimum Gasteiger partial charge on any atom is -0.299 e. The molecule has 4 rings (SSSR count). The second-order valence-corrected chi connectivity index (χ2v) is 10.7. The summed E-state index contributed by atoms with van der Waals surface area (Å²) in [5.74, 6) is 0. The monoisotopic (exact) mass is 453 g/mol. The molecule has 0 radical (unpaired) electrons. The molecule has 3 unspecified atom stereocenters. The third kappa shape index (κ3) is 4.63. The van der Waals surface area contributed by atoms with Crippen molar-refractivity contribution >= 4 is 11.6 Å². The summed E-state index contributed by atoms with van der Waals surface area (Å²) in [6.07, 6.45) is 5.20. The van der Waals surface area contributed by atoms with Gasteiger partial charge in [0.05, 0.1) is 6.17 Å². The van der Waals surface area contributed by atoms with E-state index < -0.39 is 0 Å². The number of piperidine rings is 1. The zero-order chi connectivity index (χ0) is 22.7. The Labute approximate surface area is 200 Å². The van der Waals surface area contributed by atoms with Crippen LogP contribution >= 0.6 is 11.6 Å². The van der Waals surface area contributed by atoms with E-state index in [-0.39, 0.29) is 11.6 Å². The van der Waals surface area contributed by atoms with E-state index in [0.717, 1.165) is 31.1 Å². The van der Waals surface area contributed by atoms with Gasteiger partial charge in [-0.25, -0.2) is 0 Å². The van der Waals surface area contributed by atoms with Crippen molar-refractivity contribution in [3.8, 4) is 0 Å². The van der Waals surface area contributed by atoms with Crippen molar-refractivity contribution in [3.63, 3.8) is 0 Å². The summed E-state index contributed by atoms with van der Waals surface area (Å²) >= 11 is 6.91. The maximum absolute atomic E-state index is 6.91. The molecule has 2 aromatic rings. The zero-order valence-corrected chi connectivity index (χ0v) is 21.0. The number of halogens is 1. The maximum Gasteiger partial charge on any atom is 0.0863 e. The molecule has 2 heterocycles. The lowest BCUT2D eigenvalue weighted by Gasteiger charge is -2.57. The van der Waals surface area contributed by atoms with Crippen LogP contribution in [0.5, 0.6) is 0 Å². The van der Waals surface area contributed by atoms with E-state index >= 15 is 0 Å². The first-order chi connectivity index (χ1) is 15.4. The Morgan fingerprint density at radius 1 is 1.00 bits per heavy atom. The van der Waals surface area contributed by atoms with Gasteiger partial charge >= 0.3 is 0 Å². The number of nitrogens with zero attached hydrogens (tertiary/aromatic N) is 2. The van der Waals surface area contributed by atoms with Gasteiger partial charge in [-0.1, -0.05) is 66.6 Å². The molecule has 2 aromatic carbocycles. The molecule has 3 nitrogen and oxygen atoms in total. The van der Waals surface area contributed by atoms with E-state index in [1.54, 1.807) is 0 Å². The molecule has 2 saturated heterocycles. The summed E-state index contributed by atoms with van der Waals surface area (Å²) in [6.45, 7) is 12.5. The summed E-state index contributed by atoms with van der Waals surface area (Å²) in [5.41, 5.74) is 2.70. The fourth-order valence-corrected chi connectivity index (χ4v) is 6.61. The molecule has 174 valence electrons. The second-order valence-electron chi connectivity index (χ2n) is 10.3. The van der Waals surface area contributed by atoms with E-state index in [1.165, 1.54) is 30.4 Å². The molecule has 0 spiro atoms. The third-order valence-electron chi connectivity index (χ3n) is 7.79. The molecular formula is C28H40ClN3.